The molecule has 0 saturated carbocycles. The Balaban J connectivity index is 1.14. The third-order valence-electron chi connectivity index (χ3n) is 16.6. The largest absolute Gasteiger partial charge is 0.455 e. The predicted molar refractivity (Wildman–Crippen MR) is 339 cm³/mol. The zero-order valence-electron chi connectivity index (χ0n) is 43.1. The summed E-state index contributed by atoms with van der Waals surface area (Å²) in [5.74, 6) is 0. The Morgan fingerprint density at radius 1 is 0.346 bits per heavy atom. The first-order chi connectivity index (χ1) is 40.1. The maximum Gasteiger partial charge on any atom is 0.143 e. The highest BCUT2D eigenvalue weighted by molar-refractivity contribution is 7.27. The van der Waals surface area contributed by atoms with Gasteiger partial charge in [0.15, 0.2) is 0 Å². The van der Waals surface area contributed by atoms with Gasteiger partial charge in [0.1, 0.15) is 23.3 Å². The van der Waals surface area contributed by atoms with Crippen LogP contribution in [0.4, 0.5) is 0 Å². The summed E-state index contributed by atoms with van der Waals surface area (Å²) in [4.78, 5) is 0. The lowest BCUT2D eigenvalue weighted by Crippen LogP contribution is -2.11. The fourth-order valence-electron chi connectivity index (χ4n) is 13.2. The third kappa shape index (κ3) is 6.45. The molecule has 0 spiro atoms. The fraction of sp³-hybridized carbons (Fsp3) is 0. The van der Waals surface area contributed by atoms with E-state index in [2.05, 4.69) is 215 Å². The summed E-state index contributed by atoms with van der Waals surface area (Å²) in [7, 11) is 0. The number of benzene rings is 12. The minimum Gasteiger partial charge on any atom is -0.455 e. The van der Waals surface area contributed by atoms with Crippen molar-refractivity contribution in [2.24, 2.45) is 0 Å². The van der Waals surface area contributed by atoms with Gasteiger partial charge in [-0.1, -0.05) is 206 Å². The van der Waals surface area contributed by atoms with Gasteiger partial charge in [0.25, 0.3) is 0 Å². The Bertz CT molecular complexity index is 5610. The second-order valence-corrected chi connectivity index (χ2v) is 22.9. The smallest absolute Gasteiger partial charge is 0.143 e. The van der Waals surface area contributed by atoms with Crippen LogP contribution < -0.4 is 0 Å². The molecule has 81 heavy (non-hydrogen) atoms. The van der Waals surface area contributed by atoms with Crippen molar-refractivity contribution in [2.45, 2.75) is 0 Å². The van der Waals surface area contributed by atoms with Crippen molar-refractivity contribution in [3.05, 3.63) is 254 Å². The van der Waals surface area contributed by atoms with Crippen molar-refractivity contribution in [1.82, 2.24) is 9.13 Å². The standard InChI is InChI=1S/C74H40N4OS2/c75-41-58-65(44-21-6-2-7-22-44)59(42-76)69(78-70-55(38-37-54-51-27-12-16-33-63(51)80-73(54)70)67-56(43-19-4-1-5-20-43)40-57-52-28-13-17-34-64(52)81-74(57)71(67)78)66(45-23-8-3-9-24-45)68(58)77-60-31-14-10-25-48(60)49-36-35-46(39-61(49)77)47-29-18-30-53-50-26-11-15-32-62(50)79-72(47)53/h1-40H. The molecule has 0 aliphatic rings. The molecule has 12 aromatic carbocycles. The summed E-state index contributed by atoms with van der Waals surface area (Å²) in [5, 5.41) is 35.8. The molecule has 7 heteroatoms. The summed E-state index contributed by atoms with van der Waals surface area (Å²) in [6.45, 7) is 0. The first kappa shape index (κ1) is 45.5. The van der Waals surface area contributed by atoms with Crippen molar-refractivity contribution in [3.8, 4) is 68.0 Å². The van der Waals surface area contributed by atoms with Crippen LogP contribution in [0, 0.1) is 22.7 Å². The van der Waals surface area contributed by atoms with E-state index in [1.54, 1.807) is 22.7 Å². The summed E-state index contributed by atoms with van der Waals surface area (Å²) >= 11 is 3.59. The Morgan fingerprint density at radius 3 is 1.58 bits per heavy atom. The van der Waals surface area contributed by atoms with E-state index >= 15 is 0 Å². The minimum atomic E-state index is 0.401. The zero-order chi connectivity index (χ0) is 53.4. The number of nitriles is 2. The van der Waals surface area contributed by atoms with E-state index in [0.717, 1.165) is 125 Å². The number of hydrogen-bond acceptors (Lipinski definition) is 5. The van der Waals surface area contributed by atoms with E-state index in [4.69, 9.17) is 4.42 Å². The van der Waals surface area contributed by atoms with E-state index < -0.39 is 0 Å². The highest BCUT2D eigenvalue weighted by Gasteiger charge is 2.34. The Hall–Kier alpha value is -10.5. The fourth-order valence-corrected chi connectivity index (χ4v) is 15.7. The van der Waals surface area contributed by atoms with Crippen molar-refractivity contribution < 1.29 is 4.42 Å². The van der Waals surface area contributed by atoms with E-state index in [-0.39, 0.29) is 0 Å². The summed E-state index contributed by atoms with van der Waals surface area (Å²) < 4.78 is 16.1. The molecule has 0 fully saturated rings. The van der Waals surface area contributed by atoms with Gasteiger partial charge in [-0.25, -0.2) is 0 Å². The second kappa shape index (κ2) is 17.5. The highest BCUT2D eigenvalue weighted by atomic mass is 32.1. The first-order valence-corrected chi connectivity index (χ1v) is 28.7. The van der Waals surface area contributed by atoms with Gasteiger partial charge < -0.3 is 13.6 Å². The molecule has 0 unspecified atom stereocenters. The number of aromatic nitrogens is 2. The molecule has 5 heterocycles. The molecule has 0 bridgehead atoms. The molecule has 0 amide bonds. The lowest BCUT2D eigenvalue weighted by molar-refractivity contribution is 0.670. The van der Waals surface area contributed by atoms with E-state index in [1.807, 2.05) is 48.5 Å². The van der Waals surface area contributed by atoms with Crippen LogP contribution in [0.25, 0.3) is 162 Å². The molecule has 0 atom stereocenters. The highest BCUT2D eigenvalue weighted by Crippen LogP contribution is 2.54. The average Bonchev–Trinajstić information content (AvgIpc) is 4.22. The Labute approximate surface area is 471 Å². The molecule has 5 nitrogen and oxygen atoms in total. The maximum absolute atomic E-state index is 12.5. The normalized spacial score (nSPS) is 11.9. The lowest BCUT2D eigenvalue weighted by Gasteiger charge is -2.26. The van der Waals surface area contributed by atoms with Gasteiger partial charge in [0.2, 0.25) is 0 Å². The van der Waals surface area contributed by atoms with Crippen LogP contribution in [-0.4, -0.2) is 9.13 Å². The van der Waals surface area contributed by atoms with E-state index in [0.29, 0.717) is 28.1 Å². The van der Waals surface area contributed by atoms with Crippen LogP contribution in [0.1, 0.15) is 11.1 Å². The summed E-state index contributed by atoms with van der Waals surface area (Å²) in [6, 6.07) is 91.2. The van der Waals surface area contributed by atoms with Crippen LogP contribution >= 0.6 is 22.7 Å². The summed E-state index contributed by atoms with van der Waals surface area (Å²) in [5.41, 5.74) is 14.9. The number of thiophene rings is 2. The van der Waals surface area contributed by atoms with Crippen LogP contribution in [0.3, 0.4) is 0 Å². The SMILES string of the molecule is N#Cc1c(-c2ccccc2)c(C#N)c(-n2c3c(ccc4c5ccccc5sc43)c3c(-c4ccccc4)cc4c5ccccc5sc4c32)c(-c2ccccc2)c1-n1c2ccccc2c2ccc(-c3cccc4c3oc3ccccc34)cc21. The predicted octanol–water partition coefficient (Wildman–Crippen LogP) is 20.9. The molecule has 0 N–H and O–H groups in total. The van der Waals surface area contributed by atoms with Crippen LogP contribution in [0.15, 0.2) is 247 Å². The maximum atomic E-state index is 12.5. The van der Waals surface area contributed by atoms with Gasteiger partial charge in [-0.05, 0) is 64.2 Å². The van der Waals surface area contributed by atoms with Gasteiger partial charge >= 0.3 is 0 Å². The number of rotatable bonds is 6. The second-order valence-electron chi connectivity index (χ2n) is 20.8. The molecule has 0 aliphatic carbocycles. The number of fused-ring (bicyclic) bond motifs is 17. The molecular formula is C74H40N4OS2. The third-order valence-corrected chi connectivity index (χ3v) is 19.0. The van der Waals surface area contributed by atoms with Gasteiger partial charge in [-0.2, -0.15) is 10.5 Å². The molecule has 0 aliphatic heterocycles. The number of nitrogens with zero attached hydrogens (tertiary/aromatic N) is 4. The van der Waals surface area contributed by atoms with Gasteiger partial charge in [-0.3, -0.25) is 0 Å². The number of furan rings is 1. The topological polar surface area (TPSA) is 70.6 Å². The quantitative estimate of drug-likeness (QED) is 0.167. The Morgan fingerprint density at radius 2 is 0.877 bits per heavy atom. The van der Waals surface area contributed by atoms with E-state index in [1.165, 1.54) is 20.2 Å². The molecule has 17 aromatic rings. The Kier molecular flexibility index (Phi) is 9.82. The number of para-hydroxylation sites is 3. The van der Waals surface area contributed by atoms with Gasteiger partial charge in [0, 0.05) is 80.0 Å². The molecule has 5 aromatic heterocycles. The summed E-state index contributed by atoms with van der Waals surface area (Å²) in [6.07, 6.45) is 0. The molecule has 374 valence electrons. The molecule has 17 rings (SSSR count). The van der Waals surface area contributed by atoms with Crippen molar-refractivity contribution >= 4 is 129 Å². The molecular weight excluding hydrogens is 1020 g/mol. The van der Waals surface area contributed by atoms with Crippen LogP contribution in [0.2, 0.25) is 0 Å². The van der Waals surface area contributed by atoms with Crippen LogP contribution in [-0.2, 0) is 0 Å². The average molecular weight is 1070 g/mol. The van der Waals surface area contributed by atoms with E-state index in [9.17, 15) is 10.5 Å². The van der Waals surface area contributed by atoms with Crippen molar-refractivity contribution in [3.63, 3.8) is 0 Å². The van der Waals surface area contributed by atoms with Crippen LogP contribution in [0.5, 0.6) is 0 Å². The van der Waals surface area contributed by atoms with Crippen molar-refractivity contribution in [1.29, 1.82) is 10.5 Å². The molecule has 0 saturated heterocycles. The van der Waals surface area contributed by atoms with Gasteiger partial charge in [-0.15, -0.1) is 22.7 Å². The van der Waals surface area contributed by atoms with Gasteiger partial charge in [0.05, 0.1) is 54.0 Å². The van der Waals surface area contributed by atoms with Crippen molar-refractivity contribution in [2.75, 3.05) is 0 Å². The minimum absolute atomic E-state index is 0.401. The first-order valence-electron chi connectivity index (χ1n) is 27.0. The number of hydrogen-bond donors (Lipinski definition) is 0. The monoisotopic (exact) mass is 1060 g/mol. The molecule has 0 radical (unpaired) electrons. The zero-order valence-corrected chi connectivity index (χ0v) is 44.7. The lowest BCUT2D eigenvalue weighted by atomic mass is 9.86.